The molecule has 0 saturated carbocycles. The van der Waals surface area contributed by atoms with E-state index in [1.54, 1.807) is 6.92 Å². The molecular formula is C11H17F4NO3. The molecule has 8 heteroatoms. The Morgan fingerprint density at radius 1 is 1.26 bits per heavy atom. The van der Waals surface area contributed by atoms with Crippen molar-refractivity contribution in [3.63, 3.8) is 0 Å². The largest absolute Gasteiger partial charge is 0.374 e. The summed E-state index contributed by atoms with van der Waals surface area (Å²) in [5.41, 5.74) is 0. The van der Waals surface area contributed by atoms with Crippen LogP contribution in [-0.4, -0.2) is 43.8 Å². The predicted molar refractivity (Wildman–Crippen MR) is 59.3 cm³/mol. The summed E-state index contributed by atoms with van der Waals surface area (Å²) in [5, 5.41) is 2.06. The molecule has 0 radical (unpaired) electrons. The van der Waals surface area contributed by atoms with Gasteiger partial charge < -0.3 is 10.1 Å². The number of hydrogen-bond donors (Lipinski definition) is 1. The van der Waals surface area contributed by atoms with Gasteiger partial charge in [0.2, 0.25) is 5.91 Å². The normalized spacial score (nSPS) is 11.7. The van der Waals surface area contributed by atoms with Crippen LogP contribution in [0.25, 0.3) is 0 Å². The van der Waals surface area contributed by atoms with E-state index in [1.807, 2.05) is 0 Å². The fourth-order valence-corrected chi connectivity index (χ4v) is 1.11. The summed E-state index contributed by atoms with van der Waals surface area (Å²) in [7, 11) is 0. The van der Waals surface area contributed by atoms with Crippen LogP contribution in [0.1, 0.15) is 26.2 Å². The maximum atomic E-state index is 12.5. The molecule has 19 heavy (non-hydrogen) atoms. The minimum Gasteiger partial charge on any atom is -0.374 e. The summed E-state index contributed by atoms with van der Waals surface area (Å²) in [6.07, 6.45) is -5.14. The van der Waals surface area contributed by atoms with Gasteiger partial charge in [0, 0.05) is 32.4 Å². The Morgan fingerprint density at radius 2 is 1.89 bits per heavy atom. The molecule has 0 aromatic heterocycles. The molecule has 0 aliphatic rings. The Hall–Kier alpha value is -1.18. The van der Waals surface area contributed by atoms with E-state index in [-0.39, 0.29) is 25.2 Å². The number of Topliss-reactive ketones (excluding diaryl/α,β-unsaturated/α-hetero) is 1. The van der Waals surface area contributed by atoms with Crippen molar-refractivity contribution in [2.45, 2.75) is 38.5 Å². The van der Waals surface area contributed by atoms with Gasteiger partial charge in [0.25, 0.3) is 0 Å². The highest BCUT2D eigenvalue weighted by Crippen LogP contribution is 2.25. The number of rotatable bonds is 10. The number of carbonyl (C=O) groups is 2. The molecule has 1 amide bonds. The van der Waals surface area contributed by atoms with E-state index < -0.39 is 31.2 Å². The van der Waals surface area contributed by atoms with Gasteiger partial charge in [0.15, 0.2) is 5.78 Å². The van der Waals surface area contributed by atoms with Crippen LogP contribution < -0.4 is 5.32 Å². The first kappa shape index (κ1) is 17.8. The topological polar surface area (TPSA) is 55.4 Å². The first-order chi connectivity index (χ1) is 8.79. The van der Waals surface area contributed by atoms with E-state index in [4.69, 9.17) is 4.74 Å². The Labute approximate surface area is 108 Å². The summed E-state index contributed by atoms with van der Waals surface area (Å²) in [5.74, 6) is -5.03. The van der Waals surface area contributed by atoms with Crippen molar-refractivity contribution in [1.29, 1.82) is 0 Å². The minimum atomic E-state index is -4.11. The standard InChI is InChI=1S/C11H17F4NO3/c1-2-19-7-8(17)3-4-9(18)16-6-5-11(14,15)10(12)13/h10H,2-7H2,1H3,(H,16,18). The number of halogens is 4. The summed E-state index contributed by atoms with van der Waals surface area (Å²) >= 11 is 0. The maximum absolute atomic E-state index is 12.5. The van der Waals surface area contributed by atoms with Gasteiger partial charge in [-0.1, -0.05) is 0 Å². The quantitative estimate of drug-likeness (QED) is 0.623. The lowest BCUT2D eigenvalue weighted by atomic mass is 10.2. The number of ketones is 1. The first-order valence-electron chi connectivity index (χ1n) is 5.81. The van der Waals surface area contributed by atoms with Crippen LogP contribution in [0.4, 0.5) is 17.6 Å². The summed E-state index contributed by atoms with van der Waals surface area (Å²) in [4.78, 5) is 22.2. The molecule has 4 nitrogen and oxygen atoms in total. The lowest BCUT2D eigenvalue weighted by Gasteiger charge is -2.15. The van der Waals surface area contributed by atoms with Gasteiger partial charge in [0.1, 0.15) is 6.61 Å². The third-order valence-corrected chi connectivity index (χ3v) is 2.20. The van der Waals surface area contributed by atoms with E-state index in [2.05, 4.69) is 5.32 Å². The van der Waals surface area contributed by atoms with Crippen LogP contribution in [0, 0.1) is 0 Å². The van der Waals surface area contributed by atoms with Crippen LogP contribution in [0.3, 0.4) is 0 Å². The van der Waals surface area contributed by atoms with Crippen molar-refractivity contribution in [2.75, 3.05) is 19.8 Å². The van der Waals surface area contributed by atoms with E-state index in [0.29, 0.717) is 6.61 Å². The highest BCUT2D eigenvalue weighted by molar-refractivity contribution is 5.85. The molecule has 112 valence electrons. The van der Waals surface area contributed by atoms with Crippen molar-refractivity contribution in [3.05, 3.63) is 0 Å². The monoisotopic (exact) mass is 287 g/mol. The molecule has 0 aromatic carbocycles. The molecule has 0 heterocycles. The summed E-state index contributed by atoms with van der Waals surface area (Å²) in [6, 6.07) is 0. The molecule has 0 rings (SSSR count). The third kappa shape index (κ3) is 8.52. The number of carbonyl (C=O) groups excluding carboxylic acids is 2. The number of alkyl halides is 4. The van der Waals surface area contributed by atoms with Crippen LogP contribution in [0.2, 0.25) is 0 Å². The van der Waals surface area contributed by atoms with Crippen molar-refractivity contribution in [3.8, 4) is 0 Å². The van der Waals surface area contributed by atoms with Gasteiger partial charge in [-0.2, -0.15) is 0 Å². The third-order valence-electron chi connectivity index (χ3n) is 2.20. The van der Waals surface area contributed by atoms with Gasteiger partial charge in [-0.05, 0) is 6.92 Å². The molecule has 0 bridgehead atoms. The Balaban J connectivity index is 3.74. The SMILES string of the molecule is CCOCC(=O)CCC(=O)NCCC(F)(F)C(F)F. The van der Waals surface area contributed by atoms with Gasteiger partial charge in [-0.15, -0.1) is 0 Å². The number of nitrogens with one attached hydrogen (secondary N) is 1. The van der Waals surface area contributed by atoms with E-state index >= 15 is 0 Å². The second-order valence-corrected chi connectivity index (χ2v) is 3.84. The second kappa shape index (κ2) is 8.84. The zero-order valence-electron chi connectivity index (χ0n) is 10.6. The second-order valence-electron chi connectivity index (χ2n) is 3.84. The van der Waals surface area contributed by atoms with Gasteiger partial charge in [0.05, 0.1) is 0 Å². The van der Waals surface area contributed by atoms with Crippen molar-refractivity contribution < 1.29 is 31.9 Å². The highest BCUT2D eigenvalue weighted by Gasteiger charge is 2.39. The fourth-order valence-electron chi connectivity index (χ4n) is 1.11. The molecule has 1 N–H and O–H groups in total. The molecule has 0 fully saturated rings. The highest BCUT2D eigenvalue weighted by atomic mass is 19.3. The fraction of sp³-hybridized carbons (Fsp3) is 0.818. The molecule has 0 aromatic rings. The average Bonchev–Trinajstić information content (AvgIpc) is 2.33. The van der Waals surface area contributed by atoms with Crippen LogP contribution in [0.5, 0.6) is 0 Å². The molecule has 0 spiro atoms. The van der Waals surface area contributed by atoms with Gasteiger partial charge >= 0.3 is 12.3 Å². The minimum absolute atomic E-state index is 0.0723. The predicted octanol–water partition coefficient (Wildman–Crippen LogP) is 1.78. The molecular weight excluding hydrogens is 270 g/mol. The Kier molecular flexibility index (Phi) is 8.29. The maximum Gasteiger partial charge on any atom is 0.309 e. The molecule has 0 saturated heterocycles. The Morgan fingerprint density at radius 3 is 2.42 bits per heavy atom. The summed E-state index contributed by atoms with van der Waals surface area (Å²) in [6.45, 7) is 1.42. The van der Waals surface area contributed by atoms with Crippen molar-refractivity contribution >= 4 is 11.7 Å². The average molecular weight is 287 g/mol. The summed E-state index contributed by atoms with van der Waals surface area (Å²) < 4.78 is 53.3. The van der Waals surface area contributed by atoms with Gasteiger partial charge in [-0.3, -0.25) is 9.59 Å². The molecule has 0 atom stereocenters. The first-order valence-corrected chi connectivity index (χ1v) is 5.81. The molecule has 0 aliphatic heterocycles. The zero-order chi connectivity index (χ0) is 14.9. The van der Waals surface area contributed by atoms with E-state index in [9.17, 15) is 27.2 Å². The van der Waals surface area contributed by atoms with Crippen molar-refractivity contribution in [1.82, 2.24) is 5.32 Å². The molecule has 0 aliphatic carbocycles. The van der Waals surface area contributed by atoms with Crippen LogP contribution in [0.15, 0.2) is 0 Å². The van der Waals surface area contributed by atoms with Crippen LogP contribution >= 0.6 is 0 Å². The van der Waals surface area contributed by atoms with E-state index in [1.165, 1.54) is 0 Å². The van der Waals surface area contributed by atoms with Gasteiger partial charge in [-0.25, -0.2) is 17.6 Å². The lowest BCUT2D eigenvalue weighted by molar-refractivity contribution is -0.135. The van der Waals surface area contributed by atoms with Crippen LogP contribution in [-0.2, 0) is 14.3 Å². The Bertz CT molecular complexity index is 298. The van der Waals surface area contributed by atoms with E-state index in [0.717, 1.165) is 0 Å². The lowest BCUT2D eigenvalue weighted by Crippen LogP contribution is -2.34. The number of hydrogen-bond acceptors (Lipinski definition) is 3. The number of ether oxygens (including phenoxy) is 1. The molecule has 0 unspecified atom stereocenters. The smallest absolute Gasteiger partial charge is 0.309 e. The zero-order valence-corrected chi connectivity index (χ0v) is 10.6. The van der Waals surface area contributed by atoms with Crippen molar-refractivity contribution in [2.24, 2.45) is 0 Å². The number of amides is 1.